The van der Waals surface area contributed by atoms with Crippen LogP contribution in [0.2, 0.25) is 0 Å². The van der Waals surface area contributed by atoms with Crippen molar-refractivity contribution in [1.29, 1.82) is 0 Å². The van der Waals surface area contributed by atoms with E-state index < -0.39 is 0 Å². The number of hydrogen-bond donors (Lipinski definition) is 1. The monoisotopic (exact) mass is 336 g/mol. The summed E-state index contributed by atoms with van der Waals surface area (Å²) in [6, 6.07) is 8.21. The van der Waals surface area contributed by atoms with Crippen molar-refractivity contribution in [3.63, 3.8) is 0 Å². The highest BCUT2D eigenvalue weighted by Crippen LogP contribution is 2.42. The van der Waals surface area contributed by atoms with Crippen LogP contribution in [0.25, 0.3) is 0 Å². The highest BCUT2D eigenvalue weighted by Gasteiger charge is 2.38. The van der Waals surface area contributed by atoms with Gasteiger partial charge in [-0.1, -0.05) is 34.5 Å². The van der Waals surface area contributed by atoms with Gasteiger partial charge in [0, 0.05) is 16.6 Å². The Kier molecular flexibility index (Phi) is 4.49. The number of nitrogens with two attached hydrogens (primary N) is 1. The van der Waals surface area contributed by atoms with Crippen LogP contribution in [0.5, 0.6) is 0 Å². The molecule has 1 aliphatic heterocycles. The van der Waals surface area contributed by atoms with Crippen LogP contribution in [0.15, 0.2) is 22.7 Å². The first-order valence-electron chi connectivity index (χ1n) is 7.92. The second-order valence-electron chi connectivity index (χ2n) is 6.41. The Morgan fingerprint density at radius 1 is 1.25 bits per heavy atom. The number of hydrogen-bond acceptors (Lipinski definition) is 2. The molecule has 0 aromatic heterocycles. The Labute approximate surface area is 130 Å². The van der Waals surface area contributed by atoms with Crippen molar-refractivity contribution < 1.29 is 0 Å². The first-order valence-corrected chi connectivity index (χ1v) is 8.72. The second kappa shape index (κ2) is 6.17. The molecule has 0 spiro atoms. The van der Waals surface area contributed by atoms with E-state index in [0.29, 0.717) is 12.0 Å². The predicted molar refractivity (Wildman–Crippen MR) is 87.7 cm³/mol. The minimum absolute atomic E-state index is 0.520. The van der Waals surface area contributed by atoms with Crippen LogP contribution in [0, 0.1) is 12.8 Å². The molecule has 0 bridgehead atoms. The molecule has 1 heterocycles. The SMILES string of the molecule is Cc1ccc(C2C(CN)CCCCN2C2CC2)cc1Br. The van der Waals surface area contributed by atoms with Gasteiger partial charge in [0.1, 0.15) is 0 Å². The Balaban J connectivity index is 1.95. The number of aryl methyl sites for hydroxylation is 1. The summed E-state index contributed by atoms with van der Waals surface area (Å²) >= 11 is 3.70. The Morgan fingerprint density at radius 3 is 2.70 bits per heavy atom. The minimum atomic E-state index is 0.520. The van der Waals surface area contributed by atoms with Crippen LogP contribution < -0.4 is 5.73 Å². The first-order chi connectivity index (χ1) is 9.70. The molecule has 2 fully saturated rings. The summed E-state index contributed by atoms with van der Waals surface area (Å²) in [5.74, 6) is 0.604. The molecular formula is C17H25BrN2. The van der Waals surface area contributed by atoms with E-state index in [2.05, 4.69) is 46.0 Å². The van der Waals surface area contributed by atoms with Gasteiger partial charge in [-0.25, -0.2) is 0 Å². The molecule has 2 N–H and O–H groups in total. The molecule has 2 atom stereocenters. The summed E-state index contributed by atoms with van der Waals surface area (Å²) in [5, 5.41) is 0. The van der Waals surface area contributed by atoms with Gasteiger partial charge in [0.25, 0.3) is 0 Å². The maximum absolute atomic E-state index is 6.11. The van der Waals surface area contributed by atoms with Gasteiger partial charge in [-0.2, -0.15) is 0 Å². The van der Waals surface area contributed by atoms with Crippen LogP contribution in [0.3, 0.4) is 0 Å². The zero-order valence-electron chi connectivity index (χ0n) is 12.3. The average molecular weight is 337 g/mol. The number of likely N-dealkylation sites (tertiary alicyclic amines) is 1. The van der Waals surface area contributed by atoms with E-state index in [4.69, 9.17) is 5.73 Å². The normalized spacial score (nSPS) is 28.4. The third kappa shape index (κ3) is 2.95. The lowest BCUT2D eigenvalue weighted by Gasteiger charge is -2.35. The number of halogens is 1. The van der Waals surface area contributed by atoms with E-state index in [9.17, 15) is 0 Å². The lowest BCUT2D eigenvalue weighted by molar-refractivity contribution is 0.149. The highest BCUT2D eigenvalue weighted by atomic mass is 79.9. The standard InChI is InChI=1S/C17H25BrN2/c1-12-5-6-13(10-16(12)18)17-14(11-19)4-2-3-9-20(17)15-7-8-15/h5-6,10,14-15,17H,2-4,7-9,11,19H2,1H3. The maximum Gasteiger partial charge on any atom is 0.0391 e. The molecule has 3 rings (SSSR count). The van der Waals surface area contributed by atoms with Gasteiger partial charge in [-0.15, -0.1) is 0 Å². The molecule has 1 saturated heterocycles. The number of benzene rings is 1. The van der Waals surface area contributed by atoms with Crippen molar-refractivity contribution >= 4 is 15.9 Å². The fourth-order valence-corrected chi connectivity index (χ4v) is 3.98. The van der Waals surface area contributed by atoms with Crippen molar-refractivity contribution in [3.05, 3.63) is 33.8 Å². The molecule has 2 aliphatic rings. The van der Waals surface area contributed by atoms with Gasteiger partial charge < -0.3 is 5.73 Å². The van der Waals surface area contributed by atoms with E-state index in [1.165, 1.54) is 54.2 Å². The molecule has 20 heavy (non-hydrogen) atoms. The van der Waals surface area contributed by atoms with Crippen molar-refractivity contribution in [2.75, 3.05) is 13.1 Å². The van der Waals surface area contributed by atoms with E-state index >= 15 is 0 Å². The third-order valence-corrected chi connectivity index (χ3v) is 5.76. The molecular weight excluding hydrogens is 312 g/mol. The fourth-order valence-electron chi connectivity index (χ4n) is 3.59. The Morgan fingerprint density at radius 2 is 2.05 bits per heavy atom. The van der Waals surface area contributed by atoms with Crippen LogP contribution in [0.4, 0.5) is 0 Å². The summed E-state index contributed by atoms with van der Waals surface area (Å²) in [6.45, 7) is 4.21. The number of rotatable bonds is 3. The van der Waals surface area contributed by atoms with Crippen molar-refractivity contribution in [2.45, 2.75) is 51.1 Å². The zero-order chi connectivity index (χ0) is 14.1. The third-order valence-electron chi connectivity index (χ3n) is 4.90. The van der Waals surface area contributed by atoms with Gasteiger partial charge in [-0.05, 0) is 68.8 Å². The van der Waals surface area contributed by atoms with Crippen molar-refractivity contribution in [1.82, 2.24) is 4.90 Å². The summed E-state index contributed by atoms with van der Waals surface area (Å²) in [5.41, 5.74) is 8.87. The molecule has 0 radical (unpaired) electrons. The van der Waals surface area contributed by atoms with Gasteiger partial charge in [0.2, 0.25) is 0 Å². The molecule has 3 heteroatoms. The molecule has 110 valence electrons. The lowest BCUT2D eigenvalue weighted by Crippen LogP contribution is -2.37. The molecule has 2 nitrogen and oxygen atoms in total. The largest absolute Gasteiger partial charge is 0.330 e. The van der Waals surface area contributed by atoms with Crippen LogP contribution in [-0.4, -0.2) is 24.0 Å². The van der Waals surface area contributed by atoms with Gasteiger partial charge in [0.15, 0.2) is 0 Å². The molecule has 1 saturated carbocycles. The summed E-state index contributed by atoms with van der Waals surface area (Å²) < 4.78 is 1.23. The highest BCUT2D eigenvalue weighted by molar-refractivity contribution is 9.10. The fraction of sp³-hybridized carbons (Fsp3) is 0.647. The molecule has 1 aromatic carbocycles. The lowest BCUT2D eigenvalue weighted by atomic mass is 9.89. The van der Waals surface area contributed by atoms with Crippen LogP contribution in [-0.2, 0) is 0 Å². The molecule has 0 amide bonds. The zero-order valence-corrected chi connectivity index (χ0v) is 13.9. The van der Waals surface area contributed by atoms with Crippen molar-refractivity contribution in [3.8, 4) is 0 Å². The van der Waals surface area contributed by atoms with E-state index in [1.807, 2.05) is 0 Å². The quantitative estimate of drug-likeness (QED) is 0.903. The first kappa shape index (κ1) is 14.6. The summed E-state index contributed by atoms with van der Waals surface area (Å²) in [6.07, 6.45) is 6.68. The predicted octanol–water partition coefficient (Wildman–Crippen LogP) is 4.02. The minimum Gasteiger partial charge on any atom is -0.330 e. The van der Waals surface area contributed by atoms with Gasteiger partial charge >= 0.3 is 0 Å². The smallest absolute Gasteiger partial charge is 0.0391 e. The van der Waals surface area contributed by atoms with Gasteiger partial charge in [0.05, 0.1) is 0 Å². The van der Waals surface area contributed by atoms with Gasteiger partial charge in [-0.3, -0.25) is 4.90 Å². The van der Waals surface area contributed by atoms with E-state index in [0.717, 1.165) is 12.6 Å². The molecule has 2 unspecified atom stereocenters. The Hall–Kier alpha value is -0.380. The second-order valence-corrected chi connectivity index (χ2v) is 7.27. The Bertz CT molecular complexity index is 470. The average Bonchev–Trinajstić information content (AvgIpc) is 3.26. The summed E-state index contributed by atoms with van der Waals surface area (Å²) in [4.78, 5) is 2.75. The van der Waals surface area contributed by atoms with E-state index in [1.54, 1.807) is 0 Å². The summed E-state index contributed by atoms with van der Waals surface area (Å²) in [7, 11) is 0. The molecule has 1 aromatic rings. The van der Waals surface area contributed by atoms with Crippen molar-refractivity contribution in [2.24, 2.45) is 11.7 Å². The van der Waals surface area contributed by atoms with Crippen LogP contribution >= 0.6 is 15.9 Å². The molecule has 1 aliphatic carbocycles. The maximum atomic E-state index is 6.11. The topological polar surface area (TPSA) is 29.3 Å². The van der Waals surface area contributed by atoms with Crippen LogP contribution in [0.1, 0.15) is 49.3 Å². The van der Waals surface area contributed by atoms with E-state index in [-0.39, 0.29) is 0 Å². The number of nitrogens with zero attached hydrogens (tertiary/aromatic N) is 1.